The van der Waals surface area contributed by atoms with Crippen LogP contribution in [0.1, 0.15) is 33.5 Å². The first-order valence-electron chi connectivity index (χ1n) is 7.32. The fourth-order valence-corrected chi connectivity index (χ4v) is 2.08. The maximum absolute atomic E-state index is 12.5. The summed E-state index contributed by atoms with van der Waals surface area (Å²) in [5, 5.41) is 1.63. The molecule has 25 heavy (non-hydrogen) atoms. The van der Waals surface area contributed by atoms with E-state index in [1.165, 1.54) is 18.7 Å². The molecule has 0 aliphatic carbocycles. The number of carbonyl (C=O) groups excluding carboxylic acids is 3. The van der Waals surface area contributed by atoms with Gasteiger partial charge in [-0.05, 0) is 13.0 Å². The standard InChI is InChI=1S/C15H19F3N2O5/c1-4-25-15(23)8-5-10(20(2)11(8)7-24-3)12(21)14(22)19-9(6-16)13(17)18/h5,9,13H,4,6-7H2,1-3H3,(H,19,22). The molecule has 1 rings (SSSR count). The maximum atomic E-state index is 12.5. The van der Waals surface area contributed by atoms with E-state index in [1.807, 2.05) is 0 Å². The molecule has 0 saturated carbocycles. The normalized spacial score (nSPS) is 12.1. The number of esters is 1. The predicted molar refractivity (Wildman–Crippen MR) is 80.3 cm³/mol. The fourth-order valence-electron chi connectivity index (χ4n) is 2.08. The second-order valence-corrected chi connectivity index (χ2v) is 5.00. The summed E-state index contributed by atoms with van der Waals surface area (Å²) in [4.78, 5) is 36.0. The lowest BCUT2D eigenvalue weighted by molar-refractivity contribution is -0.119. The van der Waals surface area contributed by atoms with Gasteiger partial charge < -0.3 is 19.4 Å². The summed E-state index contributed by atoms with van der Waals surface area (Å²) >= 11 is 0. The number of aromatic nitrogens is 1. The van der Waals surface area contributed by atoms with Crippen LogP contribution in [-0.2, 0) is 27.9 Å². The number of rotatable bonds is 9. The number of alkyl halides is 3. The predicted octanol–water partition coefficient (Wildman–Crippen LogP) is 1.25. The molecule has 0 radical (unpaired) electrons. The largest absolute Gasteiger partial charge is 0.462 e. The Morgan fingerprint density at radius 1 is 1.32 bits per heavy atom. The highest BCUT2D eigenvalue weighted by Crippen LogP contribution is 2.18. The Hall–Kier alpha value is -2.36. The van der Waals surface area contributed by atoms with Gasteiger partial charge in [-0.1, -0.05) is 0 Å². The van der Waals surface area contributed by atoms with Crippen LogP contribution < -0.4 is 5.32 Å². The van der Waals surface area contributed by atoms with Crippen molar-refractivity contribution >= 4 is 17.7 Å². The van der Waals surface area contributed by atoms with Crippen LogP contribution in [0.3, 0.4) is 0 Å². The number of amides is 1. The van der Waals surface area contributed by atoms with Crippen LogP contribution in [0, 0.1) is 0 Å². The molecule has 7 nitrogen and oxygen atoms in total. The Labute approximate surface area is 142 Å². The number of hydrogen-bond acceptors (Lipinski definition) is 5. The van der Waals surface area contributed by atoms with Crippen LogP contribution in [0.5, 0.6) is 0 Å². The van der Waals surface area contributed by atoms with Crippen LogP contribution in [0.15, 0.2) is 6.07 Å². The molecule has 1 aromatic heterocycles. The average molecular weight is 364 g/mol. The summed E-state index contributed by atoms with van der Waals surface area (Å²) in [6.07, 6.45) is -3.16. The van der Waals surface area contributed by atoms with Gasteiger partial charge in [0.05, 0.1) is 30.2 Å². The zero-order chi connectivity index (χ0) is 19.1. The lowest BCUT2D eigenvalue weighted by atomic mass is 10.2. The highest BCUT2D eigenvalue weighted by Gasteiger charge is 2.30. The molecule has 1 amide bonds. The zero-order valence-corrected chi connectivity index (χ0v) is 14.0. The van der Waals surface area contributed by atoms with Crippen molar-refractivity contribution < 1.29 is 37.0 Å². The lowest BCUT2D eigenvalue weighted by Gasteiger charge is -2.13. The minimum Gasteiger partial charge on any atom is -0.462 e. The first kappa shape index (κ1) is 20.7. The highest BCUT2D eigenvalue weighted by molar-refractivity contribution is 6.42. The van der Waals surface area contributed by atoms with E-state index in [2.05, 4.69) is 0 Å². The Balaban J connectivity index is 3.15. The summed E-state index contributed by atoms with van der Waals surface area (Å²) in [5.74, 6) is -3.31. The first-order chi connectivity index (χ1) is 11.8. The van der Waals surface area contributed by atoms with E-state index in [4.69, 9.17) is 9.47 Å². The molecule has 0 aliphatic rings. The molecule has 0 fully saturated rings. The van der Waals surface area contributed by atoms with Gasteiger partial charge in [0.1, 0.15) is 12.7 Å². The van der Waals surface area contributed by atoms with Crippen molar-refractivity contribution in [1.29, 1.82) is 0 Å². The van der Waals surface area contributed by atoms with Crippen molar-refractivity contribution in [2.24, 2.45) is 7.05 Å². The van der Waals surface area contributed by atoms with E-state index >= 15 is 0 Å². The molecular weight excluding hydrogens is 345 g/mol. The number of halogens is 3. The number of nitrogens with one attached hydrogen (secondary N) is 1. The molecule has 0 saturated heterocycles. The van der Waals surface area contributed by atoms with Crippen LogP contribution >= 0.6 is 0 Å². The minimum absolute atomic E-state index is 0.0123. The molecule has 1 heterocycles. The van der Waals surface area contributed by atoms with E-state index in [9.17, 15) is 27.6 Å². The monoisotopic (exact) mass is 364 g/mol. The molecule has 0 aromatic carbocycles. The number of ketones is 1. The third-order valence-corrected chi connectivity index (χ3v) is 3.36. The summed E-state index contributed by atoms with van der Waals surface area (Å²) in [7, 11) is 2.77. The third-order valence-electron chi connectivity index (χ3n) is 3.36. The van der Waals surface area contributed by atoms with Crippen LogP contribution in [-0.4, -0.2) is 55.1 Å². The van der Waals surface area contributed by atoms with Gasteiger partial charge in [0.2, 0.25) is 0 Å². The van der Waals surface area contributed by atoms with Gasteiger partial charge in [0, 0.05) is 14.2 Å². The first-order valence-corrected chi connectivity index (χ1v) is 7.32. The molecule has 1 unspecified atom stereocenters. The van der Waals surface area contributed by atoms with E-state index < -0.39 is 36.8 Å². The second kappa shape index (κ2) is 9.21. The molecule has 0 aliphatic heterocycles. The summed E-state index contributed by atoms with van der Waals surface area (Å²) in [6, 6.07) is -0.971. The number of ether oxygens (including phenoxy) is 2. The average Bonchev–Trinajstić information content (AvgIpc) is 2.89. The van der Waals surface area contributed by atoms with E-state index in [1.54, 1.807) is 12.2 Å². The van der Waals surface area contributed by atoms with Crippen molar-refractivity contribution in [3.8, 4) is 0 Å². The van der Waals surface area contributed by atoms with Gasteiger partial charge in [-0.2, -0.15) is 0 Å². The van der Waals surface area contributed by atoms with Gasteiger partial charge in [-0.3, -0.25) is 9.59 Å². The summed E-state index contributed by atoms with van der Waals surface area (Å²) < 4.78 is 48.6. The Morgan fingerprint density at radius 2 is 1.96 bits per heavy atom. The van der Waals surface area contributed by atoms with Crippen molar-refractivity contribution in [3.63, 3.8) is 0 Å². The third kappa shape index (κ3) is 4.81. The molecule has 1 N–H and O–H groups in total. The van der Waals surface area contributed by atoms with Crippen molar-refractivity contribution in [2.45, 2.75) is 26.0 Å². The minimum atomic E-state index is -3.16. The maximum Gasteiger partial charge on any atom is 0.340 e. The van der Waals surface area contributed by atoms with Gasteiger partial charge in [0.25, 0.3) is 18.1 Å². The second-order valence-electron chi connectivity index (χ2n) is 5.00. The van der Waals surface area contributed by atoms with Crippen molar-refractivity contribution in [1.82, 2.24) is 9.88 Å². The molecular formula is C15H19F3N2O5. The number of methoxy groups -OCH3 is 1. The van der Waals surface area contributed by atoms with E-state index in [-0.39, 0.29) is 30.2 Å². The SMILES string of the molecule is CCOC(=O)c1cc(C(=O)C(=O)NC(CF)C(F)F)n(C)c1COC. The lowest BCUT2D eigenvalue weighted by Crippen LogP contribution is -2.45. The molecule has 10 heteroatoms. The zero-order valence-electron chi connectivity index (χ0n) is 14.0. The Morgan fingerprint density at radius 3 is 2.44 bits per heavy atom. The number of carbonyl (C=O) groups is 3. The van der Waals surface area contributed by atoms with Crippen LogP contribution in [0.25, 0.3) is 0 Å². The van der Waals surface area contributed by atoms with Crippen molar-refractivity contribution in [2.75, 3.05) is 20.4 Å². The van der Waals surface area contributed by atoms with Crippen molar-refractivity contribution in [3.05, 3.63) is 23.0 Å². The molecule has 140 valence electrons. The molecule has 0 spiro atoms. The summed E-state index contributed by atoms with van der Waals surface area (Å²) in [6.45, 7) is 0.116. The van der Waals surface area contributed by atoms with Gasteiger partial charge in [-0.25, -0.2) is 18.0 Å². The van der Waals surface area contributed by atoms with Gasteiger partial charge in [0.15, 0.2) is 0 Å². The number of Topliss-reactive ketones (excluding diaryl/α,β-unsaturated/α-hetero) is 1. The Bertz CT molecular complexity index is 645. The summed E-state index contributed by atoms with van der Waals surface area (Å²) in [5.41, 5.74) is 0.0470. The molecule has 1 atom stereocenters. The van der Waals surface area contributed by atoms with E-state index in [0.29, 0.717) is 0 Å². The quantitative estimate of drug-likeness (QED) is 0.405. The van der Waals surface area contributed by atoms with Gasteiger partial charge in [-0.15, -0.1) is 0 Å². The van der Waals surface area contributed by atoms with Crippen LogP contribution in [0.4, 0.5) is 13.2 Å². The topological polar surface area (TPSA) is 86.6 Å². The fraction of sp³-hybridized carbons (Fsp3) is 0.533. The van der Waals surface area contributed by atoms with Gasteiger partial charge >= 0.3 is 5.97 Å². The number of nitrogens with zero attached hydrogens (tertiary/aromatic N) is 1. The molecule has 1 aromatic rings. The smallest absolute Gasteiger partial charge is 0.340 e. The van der Waals surface area contributed by atoms with E-state index in [0.717, 1.165) is 6.07 Å². The highest BCUT2D eigenvalue weighted by atomic mass is 19.3. The molecule has 0 bridgehead atoms. The van der Waals surface area contributed by atoms with Crippen LogP contribution in [0.2, 0.25) is 0 Å². The Kier molecular flexibility index (Phi) is 7.62. The number of hydrogen-bond donors (Lipinski definition) is 1.